The summed E-state index contributed by atoms with van der Waals surface area (Å²) in [6.07, 6.45) is 0. The van der Waals surface area contributed by atoms with E-state index in [0.717, 1.165) is 11.1 Å². The van der Waals surface area contributed by atoms with Gasteiger partial charge in [-0.1, -0.05) is 23.7 Å². The number of carbonyl (C=O) groups is 1. The molecule has 0 N–H and O–H groups in total. The Hall–Kier alpha value is -1.50. The first-order chi connectivity index (χ1) is 8.04. The monoisotopic (exact) mass is 250 g/mol. The first-order valence-electron chi connectivity index (χ1n) is 5.41. The van der Waals surface area contributed by atoms with Gasteiger partial charge in [0.05, 0.1) is 12.2 Å². The van der Waals surface area contributed by atoms with E-state index in [4.69, 9.17) is 16.3 Å². The molecule has 0 spiro atoms. The highest BCUT2D eigenvalue weighted by Gasteiger charge is 2.03. The number of halogens is 1. The molecule has 0 unspecified atom stereocenters. The zero-order valence-corrected chi connectivity index (χ0v) is 11.0. The van der Waals surface area contributed by atoms with E-state index >= 15 is 0 Å². The topological polar surface area (TPSA) is 26.3 Å². The molecule has 0 amide bonds. The maximum atomic E-state index is 11.4. The lowest BCUT2D eigenvalue weighted by Crippen LogP contribution is -2.04. The summed E-state index contributed by atoms with van der Waals surface area (Å²) in [6.45, 7) is 5.74. The highest BCUT2D eigenvalue weighted by Crippen LogP contribution is 2.16. The van der Waals surface area contributed by atoms with Crippen LogP contribution in [-0.2, 0) is 9.53 Å². The second kappa shape index (κ2) is 6.29. The Labute approximate surface area is 107 Å². The van der Waals surface area contributed by atoms with E-state index in [2.05, 4.69) is 5.73 Å². The predicted molar refractivity (Wildman–Crippen MR) is 69.9 cm³/mol. The lowest BCUT2D eigenvalue weighted by Gasteiger charge is -2.01. The van der Waals surface area contributed by atoms with Crippen LogP contribution in [-0.4, -0.2) is 12.6 Å². The van der Waals surface area contributed by atoms with Crippen LogP contribution in [0.4, 0.5) is 0 Å². The van der Waals surface area contributed by atoms with Crippen molar-refractivity contribution in [2.45, 2.75) is 20.8 Å². The minimum Gasteiger partial charge on any atom is -0.462 e. The molecule has 0 heterocycles. The van der Waals surface area contributed by atoms with Crippen LogP contribution in [0.1, 0.15) is 26.3 Å². The molecule has 2 nitrogen and oxygen atoms in total. The lowest BCUT2D eigenvalue weighted by molar-refractivity contribution is -0.138. The minimum absolute atomic E-state index is 0.333. The summed E-state index contributed by atoms with van der Waals surface area (Å²) in [6, 6.07) is 7.40. The molecule has 0 aliphatic heterocycles. The summed E-state index contributed by atoms with van der Waals surface area (Å²) >= 11 is 5.80. The fourth-order valence-electron chi connectivity index (χ4n) is 1.34. The van der Waals surface area contributed by atoms with Gasteiger partial charge in [0.1, 0.15) is 0 Å². The van der Waals surface area contributed by atoms with E-state index in [1.54, 1.807) is 13.8 Å². The molecule has 3 heteroatoms. The third kappa shape index (κ3) is 4.10. The summed E-state index contributed by atoms with van der Waals surface area (Å²) in [5, 5.41) is 0.688. The molecule has 90 valence electrons. The predicted octanol–water partition coefficient (Wildman–Crippen LogP) is 3.85. The quantitative estimate of drug-likeness (QED) is 0.463. The van der Waals surface area contributed by atoms with Crippen molar-refractivity contribution in [1.82, 2.24) is 0 Å². The highest BCUT2D eigenvalue weighted by atomic mass is 35.5. The molecule has 17 heavy (non-hydrogen) atoms. The Kier molecular flexibility index (Phi) is 5.02. The largest absolute Gasteiger partial charge is 0.462 e. The molecule has 0 saturated carbocycles. The lowest BCUT2D eigenvalue weighted by atomic mass is 10.1. The van der Waals surface area contributed by atoms with Crippen molar-refractivity contribution in [2.24, 2.45) is 0 Å². The third-order valence-electron chi connectivity index (χ3n) is 2.23. The van der Waals surface area contributed by atoms with Gasteiger partial charge in [-0.3, -0.25) is 0 Å². The first kappa shape index (κ1) is 13.6. The number of carbonyl (C=O) groups excluding carboxylic acids is 1. The fourth-order valence-corrected chi connectivity index (χ4v) is 1.47. The molecule has 0 aromatic heterocycles. The van der Waals surface area contributed by atoms with E-state index in [1.165, 1.54) is 0 Å². The van der Waals surface area contributed by atoms with E-state index in [1.807, 2.05) is 31.2 Å². The van der Waals surface area contributed by atoms with E-state index in [-0.39, 0.29) is 5.97 Å². The number of benzene rings is 1. The Bertz CT molecular complexity index is 466. The molecule has 1 aromatic rings. The SMILES string of the molecule is CCOC(=O)C(C)=C=C(C)c1ccc(Cl)cc1. The van der Waals surface area contributed by atoms with Gasteiger partial charge in [-0.15, -0.1) is 5.73 Å². The van der Waals surface area contributed by atoms with Crippen LogP contribution in [0.15, 0.2) is 35.6 Å². The number of rotatable bonds is 3. The second-order valence-corrected chi connectivity index (χ2v) is 4.04. The number of esters is 1. The molecule has 0 fully saturated rings. The van der Waals surface area contributed by atoms with Gasteiger partial charge < -0.3 is 4.74 Å². The first-order valence-corrected chi connectivity index (χ1v) is 5.79. The van der Waals surface area contributed by atoms with Crippen molar-refractivity contribution in [1.29, 1.82) is 0 Å². The number of hydrogen-bond donors (Lipinski definition) is 0. The van der Waals surface area contributed by atoms with Gasteiger partial charge in [0.15, 0.2) is 0 Å². The molecule has 1 rings (SSSR count). The Balaban J connectivity index is 3.02. The van der Waals surface area contributed by atoms with Crippen molar-refractivity contribution in [3.8, 4) is 0 Å². The average Bonchev–Trinajstić information content (AvgIpc) is 2.30. The molecule has 0 aliphatic carbocycles. The summed E-state index contributed by atoms with van der Waals surface area (Å²) in [7, 11) is 0. The highest BCUT2D eigenvalue weighted by molar-refractivity contribution is 6.30. The van der Waals surface area contributed by atoms with Gasteiger partial charge in [0.2, 0.25) is 0 Å². The summed E-state index contributed by atoms with van der Waals surface area (Å²) in [4.78, 5) is 11.4. The van der Waals surface area contributed by atoms with Gasteiger partial charge in [0, 0.05) is 5.02 Å². The van der Waals surface area contributed by atoms with E-state index in [0.29, 0.717) is 17.2 Å². The maximum absolute atomic E-state index is 11.4. The summed E-state index contributed by atoms with van der Waals surface area (Å²) in [5.74, 6) is -0.333. The minimum atomic E-state index is -0.333. The third-order valence-corrected chi connectivity index (χ3v) is 2.49. The van der Waals surface area contributed by atoms with Crippen LogP contribution in [0, 0.1) is 0 Å². The van der Waals surface area contributed by atoms with Crippen molar-refractivity contribution < 1.29 is 9.53 Å². The van der Waals surface area contributed by atoms with Crippen LogP contribution >= 0.6 is 11.6 Å². The van der Waals surface area contributed by atoms with Gasteiger partial charge >= 0.3 is 5.97 Å². The van der Waals surface area contributed by atoms with Crippen molar-refractivity contribution >= 4 is 23.1 Å². The molecule has 0 saturated heterocycles. The standard InChI is InChI=1S/C14H15ClO2/c1-4-17-14(16)11(3)9-10(2)12-5-7-13(15)8-6-12/h5-8H,4H2,1-3H3. The Morgan fingerprint density at radius 1 is 1.29 bits per heavy atom. The molecule has 0 atom stereocenters. The molecular weight excluding hydrogens is 236 g/mol. The van der Waals surface area contributed by atoms with E-state index in [9.17, 15) is 4.79 Å². The molecule has 1 aromatic carbocycles. The van der Waals surface area contributed by atoms with Crippen LogP contribution in [0.5, 0.6) is 0 Å². The maximum Gasteiger partial charge on any atom is 0.341 e. The van der Waals surface area contributed by atoms with Gasteiger partial charge in [-0.25, -0.2) is 4.79 Å². The zero-order chi connectivity index (χ0) is 12.8. The van der Waals surface area contributed by atoms with Crippen molar-refractivity contribution in [2.75, 3.05) is 6.61 Å². The van der Waals surface area contributed by atoms with E-state index < -0.39 is 0 Å². The molecule has 0 aliphatic rings. The smallest absolute Gasteiger partial charge is 0.341 e. The van der Waals surface area contributed by atoms with Crippen LogP contribution in [0.2, 0.25) is 5.02 Å². The summed E-state index contributed by atoms with van der Waals surface area (Å²) < 4.78 is 4.89. The molecule has 0 radical (unpaired) electrons. The Morgan fingerprint density at radius 2 is 1.88 bits per heavy atom. The fraction of sp³-hybridized carbons (Fsp3) is 0.286. The zero-order valence-electron chi connectivity index (χ0n) is 10.2. The summed E-state index contributed by atoms with van der Waals surface area (Å²) in [5.41, 5.74) is 5.35. The van der Waals surface area contributed by atoms with Crippen molar-refractivity contribution in [3.05, 3.63) is 46.2 Å². The van der Waals surface area contributed by atoms with Crippen LogP contribution in [0.25, 0.3) is 5.57 Å². The van der Waals surface area contributed by atoms with Crippen LogP contribution in [0.3, 0.4) is 0 Å². The second-order valence-electron chi connectivity index (χ2n) is 3.60. The average molecular weight is 251 g/mol. The number of hydrogen-bond acceptors (Lipinski definition) is 2. The Morgan fingerprint density at radius 3 is 2.41 bits per heavy atom. The van der Waals surface area contributed by atoms with Crippen LogP contribution < -0.4 is 0 Å². The number of ether oxygens (including phenoxy) is 1. The van der Waals surface area contributed by atoms with Gasteiger partial charge in [-0.05, 0) is 44.0 Å². The van der Waals surface area contributed by atoms with Gasteiger partial charge in [0.25, 0.3) is 0 Å². The van der Waals surface area contributed by atoms with Crippen molar-refractivity contribution in [3.63, 3.8) is 0 Å². The molecule has 0 bridgehead atoms. The van der Waals surface area contributed by atoms with Gasteiger partial charge in [-0.2, -0.15) is 0 Å². The normalized spacial score (nSPS) is 9.41. The molecular formula is C14H15ClO2.